The Hall–Kier alpha value is -0.900. The Morgan fingerprint density at radius 2 is 1.73 bits per heavy atom. The van der Waals surface area contributed by atoms with Crippen molar-refractivity contribution in [3.05, 3.63) is 34.4 Å². The summed E-state index contributed by atoms with van der Waals surface area (Å²) in [5.74, 6) is 0. The smallest absolute Gasteiger partial charge is 0.0963 e. The maximum Gasteiger partial charge on any atom is 0.0963 e. The molecule has 0 amide bonds. The Morgan fingerprint density at radius 3 is 2.54 bits per heavy atom. The number of ether oxygens (including phenoxy) is 1. The molecule has 1 aromatic carbocycles. The molecule has 0 N–H and O–H groups in total. The molecule has 0 radical (unpaired) electrons. The average Bonchev–Trinajstić information content (AvgIpc) is 3.14. The van der Waals surface area contributed by atoms with E-state index in [9.17, 15) is 0 Å². The quantitative estimate of drug-likeness (QED) is 0.806. The molecule has 1 aliphatic carbocycles. The summed E-state index contributed by atoms with van der Waals surface area (Å²) < 4.78 is 6.59. The van der Waals surface area contributed by atoms with Gasteiger partial charge in [0.2, 0.25) is 0 Å². The van der Waals surface area contributed by atoms with Crippen molar-refractivity contribution in [3.63, 3.8) is 0 Å². The Bertz CT molecular complexity index is 633. The van der Waals surface area contributed by atoms with Crippen molar-refractivity contribution in [1.82, 2.24) is 9.80 Å². The molecule has 4 rings (SSSR count). The van der Waals surface area contributed by atoms with Crippen LogP contribution in [0.4, 0.5) is 0 Å². The zero-order valence-electron chi connectivity index (χ0n) is 17.0. The summed E-state index contributed by atoms with van der Waals surface area (Å²) in [6, 6.07) is 5.41. The first kappa shape index (κ1) is 18.5. The van der Waals surface area contributed by atoms with Crippen LogP contribution in [0, 0.1) is 20.8 Å². The fourth-order valence-electron chi connectivity index (χ4n) is 5.56. The topological polar surface area (TPSA) is 15.7 Å². The number of hydrogen-bond acceptors (Lipinski definition) is 3. The van der Waals surface area contributed by atoms with Crippen LogP contribution in [-0.2, 0) is 11.3 Å². The van der Waals surface area contributed by atoms with Crippen molar-refractivity contribution < 1.29 is 4.74 Å². The van der Waals surface area contributed by atoms with Crippen LogP contribution in [0.15, 0.2) is 12.1 Å². The number of aryl methyl sites for hydroxylation is 3. The lowest BCUT2D eigenvalue weighted by atomic mass is 9.78. The first-order valence-corrected chi connectivity index (χ1v) is 10.7. The van der Waals surface area contributed by atoms with Gasteiger partial charge in [-0.2, -0.15) is 0 Å². The molecule has 3 fully saturated rings. The number of hydrogen-bond donors (Lipinski definition) is 0. The largest absolute Gasteiger partial charge is 0.371 e. The minimum atomic E-state index is 0.0779. The highest BCUT2D eigenvalue weighted by molar-refractivity contribution is 5.36. The maximum atomic E-state index is 6.59. The molecule has 0 unspecified atom stereocenters. The van der Waals surface area contributed by atoms with Crippen LogP contribution in [0.25, 0.3) is 0 Å². The number of nitrogens with zero attached hydrogens (tertiary/aromatic N) is 2. The van der Waals surface area contributed by atoms with E-state index in [1.807, 2.05) is 0 Å². The monoisotopic (exact) mass is 356 g/mol. The lowest BCUT2D eigenvalue weighted by Gasteiger charge is -2.52. The second kappa shape index (κ2) is 7.61. The van der Waals surface area contributed by atoms with Gasteiger partial charge in [-0.1, -0.05) is 25.0 Å². The predicted octanol–water partition coefficient (Wildman–Crippen LogP) is 4.22. The van der Waals surface area contributed by atoms with Gasteiger partial charge in [-0.15, -0.1) is 0 Å². The van der Waals surface area contributed by atoms with Crippen LogP contribution in [0.2, 0.25) is 0 Å². The molecule has 1 saturated carbocycles. The first-order chi connectivity index (χ1) is 12.6. The summed E-state index contributed by atoms with van der Waals surface area (Å²) in [6.45, 7) is 13.5. The molecule has 3 nitrogen and oxygen atoms in total. The molecule has 2 heterocycles. The highest BCUT2D eigenvalue weighted by atomic mass is 16.5. The number of likely N-dealkylation sites (tertiary alicyclic amines) is 1. The van der Waals surface area contributed by atoms with Gasteiger partial charge in [0.1, 0.15) is 0 Å². The SMILES string of the molecule is Cc1cc(C)c(CN2CCO[C@]3(CCCC[C@H]3N3CCCC3)C2)cc1C. The van der Waals surface area contributed by atoms with E-state index in [1.165, 1.54) is 73.9 Å². The third-order valence-corrected chi connectivity index (χ3v) is 7.15. The van der Waals surface area contributed by atoms with Crippen LogP contribution in [0.5, 0.6) is 0 Å². The fourth-order valence-corrected chi connectivity index (χ4v) is 5.56. The van der Waals surface area contributed by atoms with Crippen LogP contribution < -0.4 is 0 Å². The van der Waals surface area contributed by atoms with Crippen molar-refractivity contribution in [2.75, 3.05) is 32.8 Å². The summed E-state index contributed by atoms with van der Waals surface area (Å²) in [5.41, 5.74) is 5.84. The molecule has 1 spiro atoms. The van der Waals surface area contributed by atoms with Crippen molar-refractivity contribution in [2.24, 2.45) is 0 Å². The summed E-state index contributed by atoms with van der Waals surface area (Å²) in [7, 11) is 0. The van der Waals surface area contributed by atoms with Gasteiger partial charge in [0, 0.05) is 25.7 Å². The van der Waals surface area contributed by atoms with Crippen molar-refractivity contribution in [1.29, 1.82) is 0 Å². The van der Waals surface area contributed by atoms with E-state index < -0.39 is 0 Å². The zero-order chi connectivity index (χ0) is 18.1. The van der Waals surface area contributed by atoms with E-state index in [0.29, 0.717) is 6.04 Å². The minimum Gasteiger partial charge on any atom is -0.371 e. The molecule has 26 heavy (non-hydrogen) atoms. The van der Waals surface area contributed by atoms with Gasteiger partial charge in [0.25, 0.3) is 0 Å². The molecular formula is C23H36N2O. The molecule has 0 bridgehead atoms. The van der Waals surface area contributed by atoms with Crippen molar-refractivity contribution >= 4 is 0 Å². The van der Waals surface area contributed by atoms with Gasteiger partial charge in [0.05, 0.1) is 12.2 Å². The fraction of sp³-hybridized carbons (Fsp3) is 0.739. The normalized spacial score (nSPS) is 31.0. The Labute approximate surface area is 159 Å². The van der Waals surface area contributed by atoms with Crippen LogP contribution in [-0.4, -0.2) is 54.2 Å². The van der Waals surface area contributed by atoms with Gasteiger partial charge in [-0.05, 0) is 81.8 Å². The summed E-state index contributed by atoms with van der Waals surface area (Å²) in [4.78, 5) is 5.43. The maximum absolute atomic E-state index is 6.59. The van der Waals surface area contributed by atoms with Crippen LogP contribution in [0.1, 0.15) is 60.8 Å². The Kier molecular flexibility index (Phi) is 5.41. The second-order valence-corrected chi connectivity index (χ2v) is 8.99. The molecular weight excluding hydrogens is 320 g/mol. The third kappa shape index (κ3) is 3.58. The number of rotatable bonds is 3. The van der Waals surface area contributed by atoms with Crippen molar-refractivity contribution in [3.8, 4) is 0 Å². The number of morpholine rings is 1. The lowest BCUT2D eigenvalue weighted by Crippen LogP contribution is -2.63. The van der Waals surface area contributed by atoms with Gasteiger partial charge in [-0.25, -0.2) is 0 Å². The number of benzene rings is 1. The molecule has 144 valence electrons. The summed E-state index contributed by atoms with van der Waals surface area (Å²) in [6.07, 6.45) is 8.03. The van der Waals surface area contributed by atoms with E-state index in [0.717, 1.165) is 26.2 Å². The van der Waals surface area contributed by atoms with E-state index in [1.54, 1.807) is 0 Å². The highest BCUT2D eigenvalue weighted by Gasteiger charge is 2.47. The molecule has 3 heteroatoms. The Morgan fingerprint density at radius 1 is 0.962 bits per heavy atom. The zero-order valence-corrected chi connectivity index (χ0v) is 17.0. The Balaban J connectivity index is 1.52. The molecule has 2 atom stereocenters. The lowest BCUT2D eigenvalue weighted by molar-refractivity contribution is -0.165. The predicted molar refractivity (Wildman–Crippen MR) is 108 cm³/mol. The molecule has 0 aromatic heterocycles. The average molecular weight is 357 g/mol. The van der Waals surface area contributed by atoms with Crippen LogP contribution >= 0.6 is 0 Å². The molecule has 1 aromatic rings. The van der Waals surface area contributed by atoms with E-state index >= 15 is 0 Å². The highest BCUT2D eigenvalue weighted by Crippen LogP contribution is 2.39. The molecule has 2 aliphatic heterocycles. The molecule has 3 aliphatic rings. The van der Waals surface area contributed by atoms with Crippen molar-refractivity contribution in [2.45, 2.75) is 77.5 Å². The summed E-state index contributed by atoms with van der Waals surface area (Å²) in [5, 5.41) is 0. The van der Waals surface area contributed by atoms with Gasteiger partial charge in [-0.3, -0.25) is 9.80 Å². The van der Waals surface area contributed by atoms with Crippen LogP contribution in [0.3, 0.4) is 0 Å². The first-order valence-electron chi connectivity index (χ1n) is 10.7. The van der Waals surface area contributed by atoms with Gasteiger partial charge in [0.15, 0.2) is 0 Å². The molecule has 2 saturated heterocycles. The van der Waals surface area contributed by atoms with E-state index in [-0.39, 0.29) is 5.60 Å². The van der Waals surface area contributed by atoms with E-state index in [2.05, 4.69) is 42.7 Å². The third-order valence-electron chi connectivity index (χ3n) is 7.15. The van der Waals surface area contributed by atoms with Gasteiger partial charge >= 0.3 is 0 Å². The minimum absolute atomic E-state index is 0.0779. The summed E-state index contributed by atoms with van der Waals surface area (Å²) >= 11 is 0. The van der Waals surface area contributed by atoms with E-state index in [4.69, 9.17) is 4.74 Å². The second-order valence-electron chi connectivity index (χ2n) is 8.99. The van der Waals surface area contributed by atoms with Gasteiger partial charge < -0.3 is 4.74 Å². The standard InChI is InChI=1S/C23H36N2O/c1-18-14-20(3)21(15-19(18)2)16-24-12-13-26-23(17-24)9-5-4-8-22(23)25-10-6-7-11-25/h14-15,22H,4-13,16-17H2,1-3H3/t22-,23-/m1/s1.